The number of rotatable bonds is 2. The predicted octanol–water partition coefficient (Wildman–Crippen LogP) is 1.79. The molecule has 0 saturated carbocycles. The first-order chi connectivity index (χ1) is 5.58. The van der Waals surface area contributed by atoms with Crippen molar-refractivity contribution in [2.45, 2.75) is 13.3 Å². The van der Waals surface area contributed by atoms with Gasteiger partial charge in [0.05, 0.1) is 6.42 Å². The molecule has 0 aliphatic heterocycles. The van der Waals surface area contributed by atoms with Crippen LogP contribution in [0.5, 0.6) is 0 Å². The normalized spacial score (nSPS) is 9.83. The number of carbonyl (C=O) groups excluding carboxylic acids is 1. The van der Waals surface area contributed by atoms with E-state index in [4.69, 9.17) is 5.73 Å². The second kappa shape index (κ2) is 3.72. The first-order valence-corrected chi connectivity index (χ1v) is 4.41. The van der Waals surface area contributed by atoms with Crippen LogP contribution in [0.15, 0.2) is 22.7 Å². The van der Waals surface area contributed by atoms with Crippen LogP contribution in [0.3, 0.4) is 0 Å². The third-order valence-electron chi connectivity index (χ3n) is 1.48. The highest BCUT2D eigenvalue weighted by Gasteiger charge is 1.99. The molecule has 0 spiro atoms. The Labute approximate surface area is 79.9 Å². The second-order valence-corrected chi connectivity index (χ2v) is 3.70. The SMILES string of the molecule is Cc1cc(Br)cc(CC(N)=O)c1. The smallest absolute Gasteiger partial charge is 0.221 e. The Bertz CT molecular complexity index is 289. The average Bonchev–Trinajstić information content (AvgIpc) is 1.81. The maximum Gasteiger partial charge on any atom is 0.221 e. The van der Waals surface area contributed by atoms with Crippen molar-refractivity contribution in [2.75, 3.05) is 0 Å². The van der Waals surface area contributed by atoms with Crippen LogP contribution >= 0.6 is 15.9 Å². The zero-order valence-electron chi connectivity index (χ0n) is 6.80. The standard InChI is InChI=1S/C9H10BrNO/c1-6-2-7(5-9(11)12)4-8(10)3-6/h2-4H,5H2,1H3,(H2,11,12). The number of benzene rings is 1. The summed E-state index contributed by atoms with van der Waals surface area (Å²) in [6.07, 6.45) is 0.306. The van der Waals surface area contributed by atoms with E-state index in [1.165, 1.54) is 0 Å². The molecule has 0 saturated heterocycles. The van der Waals surface area contributed by atoms with Gasteiger partial charge in [0.1, 0.15) is 0 Å². The number of halogens is 1. The van der Waals surface area contributed by atoms with E-state index < -0.39 is 0 Å². The molecule has 0 unspecified atom stereocenters. The number of carbonyl (C=O) groups is 1. The van der Waals surface area contributed by atoms with Crippen LogP contribution < -0.4 is 5.73 Å². The van der Waals surface area contributed by atoms with Gasteiger partial charge < -0.3 is 5.73 Å². The summed E-state index contributed by atoms with van der Waals surface area (Å²) in [4.78, 5) is 10.6. The zero-order valence-corrected chi connectivity index (χ0v) is 8.39. The van der Waals surface area contributed by atoms with Crippen molar-refractivity contribution in [3.63, 3.8) is 0 Å². The number of amides is 1. The Balaban J connectivity index is 2.93. The molecule has 3 heteroatoms. The number of aryl methyl sites for hydroxylation is 1. The minimum Gasteiger partial charge on any atom is -0.369 e. The van der Waals surface area contributed by atoms with Crippen LogP contribution in [0.25, 0.3) is 0 Å². The fourth-order valence-corrected chi connectivity index (χ4v) is 1.77. The van der Waals surface area contributed by atoms with Crippen molar-refractivity contribution < 1.29 is 4.79 Å². The van der Waals surface area contributed by atoms with Gasteiger partial charge in [0.25, 0.3) is 0 Å². The highest BCUT2D eigenvalue weighted by Crippen LogP contribution is 2.15. The monoisotopic (exact) mass is 227 g/mol. The van der Waals surface area contributed by atoms with Crippen molar-refractivity contribution in [3.8, 4) is 0 Å². The fourth-order valence-electron chi connectivity index (χ4n) is 1.12. The summed E-state index contributed by atoms with van der Waals surface area (Å²) in [6, 6.07) is 5.85. The molecule has 2 nitrogen and oxygen atoms in total. The van der Waals surface area contributed by atoms with Crippen LogP contribution in [0.1, 0.15) is 11.1 Å². The molecule has 0 radical (unpaired) electrons. The lowest BCUT2D eigenvalue weighted by atomic mass is 10.1. The molecular weight excluding hydrogens is 218 g/mol. The molecule has 1 rings (SSSR count). The molecular formula is C9H10BrNO. The van der Waals surface area contributed by atoms with Crippen molar-refractivity contribution in [2.24, 2.45) is 5.73 Å². The van der Waals surface area contributed by atoms with Crippen LogP contribution in [0.4, 0.5) is 0 Å². The summed E-state index contributed by atoms with van der Waals surface area (Å²) < 4.78 is 0.985. The molecule has 0 bridgehead atoms. The summed E-state index contributed by atoms with van der Waals surface area (Å²) >= 11 is 3.35. The average molecular weight is 228 g/mol. The van der Waals surface area contributed by atoms with E-state index in [-0.39, 0.29) is 5.91 Å². The van der Waals surface area contributed by atoms with E-state index in [1.807, 2.05) is 25.1 Å². The van der Waals surface area contributed by atoms with E-state index in [1.54, 1.807) is 0 Å². The molecule has 1 aromatic rings. The highest BCUT2D eigenvalue weighted by atomic mass is 79.9. The van der Waals surface area contributed by atoms with Crippen molar-refractivity contribution in [3.05, 3.63) is 33.8 Å². The van der Waals surface area contributed by atoms with Crippen LogP contribution in [0.2, 0.25) is 0 Å². The summed E-state index contributed by atoms with van der Waals surface area (Å²) in [5.74, 6) is -0.299. The summed E-state index contributed by atoms with van der Waals surface area (Å²) in [6.45, 7) is 1.98. The Morgan fingerprint density at radius 3 is 2.67 bits per heavy atom. The van der Waals surface area contributed by atoms with Gasteiger partial charge in [-0.05, 0) is 30.2 Å². The van der Waals surface area contributed by atoms with Gasteiger partial charge in [-0.1, -0.05) is 22.0 Å². The molecule has 1 aromatic carbocycles. The van der Waals surface area contributed by atoms with Crippen LogP contribution in [0, 0.1) is 6.92 Å². The largest absolute Gasteiger partial charge is 0.369 e. The Morgan fingerprint density at radius 2 is 2.17 bits per heavy atom. The minimum atomic E-state index is -0.299. The third kappa shape index (κ3) is 2.66. The third-order valence-corrected chi connectivity index (χ3v) is 1.94. The van der Waals surface area contributed by atoms with Crippen molar-refractivity contribution >= 4 is 21.8 Å². The van der Waals surface area contributed by atoms with E-state index in [9.17, 15) is 4.79 Å². The Kier molecular flexibility index (Phi) is 2.87. The second-order valence-electron chi connectivity index (χ2n) is 2.78. The first-order valence-electron chi connectivity index (χ1n) is 3.62. The zero-order chi connectivity index (χ0) is 9.14. The van der Waals surface area contributed by atoms with Crippen molar-refractivity contribution in [1.82, 2.24) is 0 Å². The number of hydrogen-bond donors (Lipinski definition) is 1. The number of nitrogens with two attached hydrogens (primary N) is 1. The molecule has 0 fully saturated rings. The topological polar surface area (TPSA) is 43.1 Å². The molecule has 0 heterocycles. The molecule has 0 aromatic heterocycles. The maximum absolute atomic E-state index is 10.6. The lowest BCUT2D eigenvalue weighted by Crippen LogP contribution is -2.13. The minimum absolute atomic E-state index is 0.299. The molecule has 0 aliphatic carbocycles. The Hall–Kier alpha value is -0.830. The summed E-state index contributed by atoms with van der Waals surface area (Å²) in [5, 5.41) is 0. The van der Waals surface area contributed by atoms with Crippen LogP contribution in [-0.4, -0.2) is 5.91 Å². The summed E-state index contributed by atoms with van der Waals surface area (Å²) in [5.41, 5.74) is 7.15. The Morgan fingerprint density at radius 1 is 1.50 bits per heavy atom. The highest BCUT2D eigenvalue weighted by molar-refractivity contribution is 9.10. The quantitative estimate of drug-likeness (QED) is 0.823. The van der Waals surface area contributed by atoms with Crippen LogP contribution in [-0.2, 0) is 11.2 Å². The van der Waals surface area contributed by atoms with E-state index in [2.05, 4.69) is 15.9 Å². The molecule has 2 N–H and O–H groups in total. The van der Waals surface area contributed by atoms with Gasteiger partial charge in [0.15, 0.2) is 0 Å². The van der Waals surface area contributed by atoms with Gasteiger partial charge in [-0.2, -0.15) is 0 Å². The molecule has 12 heavy (non-hydrogen) atoms. The van der Waals surface area contributed by atoms with Gasteiger partial charge in [-0.15, -0.1) is 0 Å². The van der Waals surface area contributed by atoms with Gasteiger partial charge in [-0.3, -0.25) is 4.79 Å². The maximum atomic E-state index is 10.6. The lowest BCUT2D eigenvalue weighted by molar-refractivity contribution is -0.117. The van der Waals surface area contributed by atoms with Gasteiger partial charge >= 0.3 is 0 Å². The number of primary amides is 1. The van der Waals surface area contributed by atoms with Gasteiger partial charge in [-0.25, -0.2) is 0 Å². The van der Waals surface area contributed by atoms with Gasteiger partial charge in [0, 0.05) is 4.47 Å². The summed E-state index contributed by atoms with van der Waals surface area (Å²) in [7, 11) is 0. The molecule has 64 valence electrons. The predicted molar refractivity (Wildman–Crippen MR) is 51.8 cm³/mol. The lowest BCUT2D eigenvalue weighted by Gasteiger charge is -2.00. The van der Waals surface area contributed by atoms with Gasteiger partial charge in [0.2, 0.25) is 5.91 Å². The van der Waals surface area contributed by atoms with E-state index in [0.29, 0.717) is 6.42 Å². The van der Waals surface area contributed by atoms with E-state index in [0.717, 1.165) is 15.6 Å². The fraction of sp³-hybridized carbons (Fsp3) is 0.222. The molecule has 0 atom stereocenters. The number of hydrogen-bond acceptors (Lipinski definition) is 1. The first kappa shape index (κ1) is 9.26. The molecule has 1 amide bonds. The molecule has 0 aliphatic rings. The van der Waals surface area contributed by atoms with Crippen molar-refractivity contribution in [1.29, 1.82) is 0 Å². The van der Waals surface area contributed by atoms with E-state index >= 15 is 0 Å².